The molecule has 3 N–H and O–H groups in total. The molecule has 1 aliphatic heterocycles. The fourth-order valence-corrected chi connectivity index (χ4v) is 4.75. The Hall–Kier alpha value is -3.56. The molecule has 1 aliphatic carbocycles. The average Bonchev–Trinajstić information content (AvgIpc) is 3.62. The lowest BCUT2D eigenvalue weighted by Crippen LogP contribution is -2.48. The molecule has 2 aromatic rings. The first-order valence-electron chi connectivity index (χ1n) is 9.91. The Bertz CT molecular complexity index is 1120. The first kappa shape index (κ1) is 20.7. The molecule has 156 valence electrons. The monoisotopic (exact) mass is 432 g/mol. The van der Waals surface area contributed by atoms with Crippen LogP contribution >= 0.6 is 11.8 Å². The van der Waals surface area contributed by atoms with Crippen molar-refractivity contribution in [3.05, 3.63) is 58.4 Å². The van der Waals surface area contributed by atoms with E-state index in [1.165, 1.54) is 0 Å². The van der Waals surface area contributed by atoms with Crippen LogP contribution in [-0.2, 0) is 9.59 Å². The highest BCUT2D eigenvalue weighted by Crippen LogP contribution is 2.51. The summed E-state index contributed by atoms with van der Waals surface area (Å²) in [5.74, 6) is -0.176. The second-order valence-electron chi connectivity index (χ2n) is 7.46. The van der Waals surface area contributed by atoms with E-state index in [0.717, 1.165) is 24.6 Å². The zero-order chi connectivity index (χ0) is 22.0. The van der Waals surface area contributed by atoms with Gasteiger partial charge < -0.3 is 16.0 Å². The topological polar surface area (TPSA) is 116 Å². The van der Waals surface area contributed by atoms with Crippen LogP contribution in [-0.4, -0.2) is 36.4 Å². The number of nitrogens with one attached hydrogen (secondary N) is 1. The summed E-state index contributed by atoms with van der Waals surface area (Å²) in [4.78, 5) is 34.4. The molecule has 2 heterocycles. The molecule has 1 unspecified atom stereocenters. The molecule has 0 radical (unpaired) electrons. The lowest BCUT2D eigenvalue weighted by Gasteiger charge is -2.30. The van der Waals surface area contributed by atoms with E-state index in [4.69, 9.17) is 12.3 Å². The van der Waals surface area contributed by atoms with Crippen LogP contribution in [0.3, 0.4) is 0 Å². The molecule has 2 aliphatic rings. The van der Waals surface area contributed by atoms with E-state index >= 15 is 0 Å². The van der Waals surface area contributed by atoms with Crippen LogP contribution in [0, 0.1) is 17.9 Å². The van der Waals surface area contributed by atoms with Crippen LogP contribution in [0.15, 0.2) is 35.4 Å². The smallest absolute Gasteiger partial charge is 0.239 e. The molecule has 31 heavy (non-hydrogen) atoms. The number of anilines is 1. The van der Waals surface area contributed by atoms with Gasteiger partial charge in [-0.15, -0.1) is 0 Å². The number of pyridine rings is 1. The normalized spacial score (nSPS) is 16.7. The van der Waals surface area contributed by atoms with Gasteiger partial charge in [0.05, 0.1) is 18.7 Å². The number of benzene rings is 1. The maximum absolute atomic E-state index is 12.3. The molecule has 4 rings (SSSR count). The predicted octanol–water partition coefficient (Wildman–Crippen LogP) is 2.64. The molecule has 1 saturated carbocycles. The molecule has 1 atom stereocenters. The molecule has 2 fully saturated rings. The quantitative estimate of drug-likeness (QED) is 0.535. The Labute approximate surface area is 184 Å². The van der Waals surface area contributed by atoms with E-state index in [0.29, 0.717) is 46.3 Å². The highest BCUT2D eigenvalue weighted by molar-refractivity contribution is 8.00. The van der Waals surface area contributed by atoms with Crippen molar-refractivity contribution >= 4 is 35.1 Å². The van der Waals surface area contributed by atoms with Crippen LogP contribution in [0.1, 0.15) is 40.7 Å². The fraction of sp³-hybridized carbons (Fsp3) is 0.318. The summed E-state index contributed by atoms with van der Waals surface area (Å²) in [5, 5.41) is 12.4. The van der Waals surface area contributed by atoms with Crippen molar-refractivity contribution in [2.45, 2.75) is 29.0 Å². The Kier molecular flexibility index (Phi) is 5.79. The lowest BCUT2D eigenvalue weighted by molar-refractivity contribution is -0.120. The SMILES string of the molecule is [C-]#[N+]c1c(N2CCNC(=O)C2)nc(SC(C(N)=O)c2ccccc2)c(C#N)c1C1CC1. The Morgan fingerprint density at radius 1 is 1.39 bits per heavy atom. The first-order chi connectivity index (χ1) is 15.0. The minimum absolute atomic E-state index is 0.0908. The third-order valence-corrected chi connectivity index (χ3v) is 6.55. The number of nitrogens with two attached hydrogens (primary N) is 1. The Morgan fingerprint density at radius 3 is 2.71 bits per heavy atom. The van der Waals surface area contributed by atoms with Crippen LogP contribution in [0.4, 0.5) is 11.5 Å². The maximum Gasteiger partial charge on any atom is 0.239 e. The predicted molar refractivity (Wildman–Crippen MR) is 117 cm³/mol. The van der Waals surface area contributed by atoms with Gasteiger partial charge >= 0.3 is 0 Å². The largest absolute Gasteiger partial charge is 0.368 e. The van der Waals surface area contributed by atoms with Gasteiger partial charge in [-0.1, -0.05) is 42.1 Å². The molecule has 2 amide bonds. The summed E-state index contributed by atoms with van der Waals surface area (Å²) in [6, 6.07) is 11.3. The van der Waals surface area contributed by atoms with Gasteiger partial charge in [-0.05, 0) is 29.9 Å². The van der Waals surface area contributed by atoms with Crippen LogP contribution in [0.25, 0.3) is 4.85 Å². The molecular weight excluding hydrogens is 412 g/mol. The van der Waals surface area contributed by atoms with Gasteiger partial charge in [-0.3, -0.25) is 9.59 Å². The molecule has 1 aromatic carbocycles. The second-order valence-corrected chi connectivity index (χ2v) is 8.55. The van der Waals surface area contributed by atoms with Crippen molar-refractivity contribution in [1.29, 1.82) is 5.26 Å². The molecule has 8 nitrogen and oxygen atoms in total. The maximum atomic E-state index is 12.3. The molecular formula is C22H20N6O2S. The van der Waals surface area contributed by atoms with Crippen LogP contribution < -0.4 is 16.0 Å². The summed E-state index contributed by atoms with van der Waals surface area (Å²) >= 11 is 1.12. The lowest BCUT2D eigenvalue weighted by atomic mass is 10.0. The van der Waals surface area contributed by atoms with Gasteiger partial charge in [-0.25, -0.2) is 9.83 Å². The summed E-state index contributed by atoms with van der Waals surface area (Å²) in [5.41, 5.74) is 7.73. The van der Waals surface area contributed by atoms with E-state index in [1.54, 1.807) is 17.0 Å². The Morgan fingerprint density at radius 2 is 2.13 bits per heavy atom. The Balaban J connectivity index is 1.85. The summed E-state index contributed by atoms with van der Waals surface area (Å²) in [7, 11) is 0. The standard InChI is InChI=1S/C22H20N6O2S/c1-25-18-17(13-7-8-13)15(11-23)22(27-21(18)28-10-9-26-16(29)12-28)31-19(20(24)30)14-5-3-2-4-6-14/h2-6,13,19H,7-10,12H2,(H2,24,30)(H,26,29). The fourth-order valence-electron chi connectivity index (χ4n) is 3.70. The van der Waals surface area contributed by atoms with Gasteiger partial charge in [0.2, 0.25) is 17.5 Å². The van der Waals surface area contributed by atoms with Gasteiger partial charge in [0.1, 0.15) is 22.2 Å². The highest BCUT2D eigenvalue weighted by Gasteiger charge is 2.35. The van der Waals surface area contributed by atoms with Crippen molar-refractivity contribution in [3.63, 3.8) is 0 Å². The van der Waals surface area contributed by atoms with Crippen molar-refractivity contribution in [3.8, 4) is 6.07 Å². The van der Waals surface area contributed by atoms with Crippen LogP contribution in [0.5, 0.6) is 0 Å². The number of hydrogen-bond acceptors (Lipinski definition) is 6. The van der Waals surface area contributed by atoms with E-state index in [9.17, 15) is 14.9 Å². The minimum Gasteiger partial charge on any atom is -0.368 e. The van der Waals surface area contributed by atoms with Crippen molar-refractivity contribution in [1.82, 2.24) is 10.3 Å². The van der Waals surface area contributed by atoms with E-state index < -0.39 is 11.2 Å². The van der Waals surface area contributed by atoms with Crippen LogP contribution in [0.2, 0.25) is 0 Å². The van der Waals surface area contributed by atoms with Crippen molar-refractivity contribution < 1.29 is 9.59 Å². The van der Waals surface area contributed by atoms with E-state index in [2.05, 4.69) is 21.2 Å². The first-order valence-corrected chi connectivity index (χ1v) is 10.8. The number of rotatable bonds is 6. The molecule has 1 aromatic heterocycles. The number of aromatic nitrogens is 1. The number of primary amides is 1. The zero-order valence-corrected chi connectivity index (χ0v) is 17.5. The zero-order valence-electron chi connectivity index (χ0n) is 16.7. The molecule has 9 heteroatoms. The van der Waals surface area contributed by atoms with Crippen molar-refractivity contribution in [2.75, 3.05) is 24.5 Å². The number of nitriles is 1. The number of thioether (sulfide) groups is 1. The van der Waals surface area contributed by atoms with Gasteiger partial charge in [-0.2, -0.15) is 5.26 Å². The number of hydrogen-bond donors (Lipinski definition) is 2. The number of carbonyl (C=O) groups is 2. The number of piperazine rings is 1. The summed E-state index contributed by atoms with van der Waals surface area (Å²) < 4.78 is 0. The molecule has 0 spiro atoms. The van der Waals surface area contributed by atoms with Gasteiger partial charge in [0.25, 0.3) is 0 Å². The summed E-state index contributed by atoms with van der Waals surface area (Å²) in [6.45, 7) is 8.83. The minimum atomic E-state index is -0.732. The highest BCUT2D eigenvalue weighted by atomic mass is 32.2. The second kappa shape index (κ2) is 8.66. The van der Waals surface area contributed by atoms with E-state index in [1.807, 2.05) is 18.2 Å². The van der Waals surface area contributed by atoms with Gasteiger partial charge in [0, 0.05) is 13.1 Å². The summed E-state index contributed by atoms with van der Waals surface area (Å²) in [6.07, 6.45) is 1.78. The number of carbonyl (C=O) groups excluding carboxylic acids is 2. The number of amides is 2. The average molecular weight is 433 g/mol. The molecule has 1 saturated heterocycles. The van der Waals surface area contributed by atoms with E-state index in [-0.39, 0.29) is 18.4 Å². The molecule has 0 bridgehead atoms. The number of nitrogens with zero attached hydrogens (tertiary/aromatic N) is 4. The van der Waals surface area contributed by atoms with Gasteiger partial charge in [0.15, 0.2) is 0 Å². The third-order valence-electron chi connectivity index (χ3n) is 5.29. The third kappa shape index (κ3) is 4.18. The van der Waals surface area contributed by atoms with Crippen molar-refractivity contribution in [2.24, 2.45) is 5.73 Å².